The monoisotopic (exact) mass is 343 g/mol. The molecule has 2 atom stereocenters. The lowest BCUT2D eigenvalue weighted by atomic mass is 9.84. The van der Waals surface area contributed by atoms with E-state index in [1.165, 1.54) is 6.92 Å². The molecule has 2 unspecified atom stereocenters. The maximum absolute atomic E-state index is 13.3. The van der Waals surface area contributed by atoms with Crippen LogP contribution in [0.25, 0.3) is 0 Å². The summed E-state index contributed by atoms with van der Waals surface area (Å²) in [5.41, 5.74) is -0.383. The second-order valence-electron chi connectivity index (χ2n) is 6.45. The van der Waals surface area contributed by atoms with Gasteiger partial charge in [-0.05, 0) is 33.1 Å². The number of aryl methyl sites for hydroxylation is 2. The molecule has 1 aliphatic carbocycles. The maximum Gasteiger partial charge on any atom is 0.433 e. The number of morpholine rings is 1. The minimum absolute atomic E-state index is 0.0460. The first-order valence-corrected chi connectivity index (χ1v) is 8.09. The molecule has 2 aliphatic rings. The highest BCUT2D eigenvalue weighted by atomic mass is 19.4. The second-order valence-corrected chi connectivity index (χ2v) is 6.45. The fourth-order valence-electron chi connectivity index (χ4n) is 3.46. The van der Waals surface area contributed by atoms with Crippen LogP contribution in [-0.4, -0.2) is 46.6 Å². The minimum Gasteiger partial charge on any atom is -0.375 e. The molecule has 0 spiro atoms. The van der Waals surface area contributed by atoms with E-state index in [4.69, 9.17) is 4.74 Å². The predicted molar refractivity (Wildman–Crippen MR) is 79.3 cm³/mol. The lowest BCUT2D eigenvalue weighted by Crippen LogP contribution is -2.48. The number of aromatic nitrogens is 2. The van der Waals surface area contributed by atoms with Gasteiger partial charge in [-0.3, -0.25) is 4.79 Å². The molecule has 1 amide bonds. The van der Waals surface area contributed by atoms with E-state index >= 15 is 0 Å². The van der Waals surface area contributed by atoms with E-state index in [0.717, 1.165) is 0 Å². The Kier molecular flexibility index (Phi) is 4.50. The molecule has 0 bridgehead atoms. The van der Waals surface area contributed by atoms with Crippen molar-refractivity contribution >= 4 is 5.91 Å². The summed E-state index contributed by atoms with van der Waals surface area (Å²) >= 11 is 0. The van der Waals surface area contributed by atoms with Crippen LogP contribution in [0.1, 0.15) is 36.1 Å². The number of hydrogen-bond donors (Lipinski definition) is 0. The Bertz CT molecular complexity index is 648. The normalized spacial score (nSPS) is 24.6. The number of carbonyl (C=O) groups excluding carboxylic acids is 1. The fraction of sp³-hybridized carbons (Fsp3) is 0.688. The summed E-state index contributed by atoms with van der Waals surface area (Å²) in [6.45, 7) is 4.78. The van der Waals surface area contributed by atoms with Gasteiger partial charge in [0, 0.05) is 30.3 Å². The van der Waals surface area contributed by atoms with Gasteiger partial charge >= 0.3 is 6.18 Å². The van der Waals surface area contributed by atoms with Gasteiger partial charge in [0.25, 0.3) is 0 Å². The molecular weight excluding hydrogens is 323 g/mol. The van der Waals surface area contributed by atoms with Crippen LogP contribution in [0, 0.1) is 12.8 Å². The predicted octanol–water partition coefficient (Wildman–Crippen LogP) is 2.16. The molecule has 1 aromatic heterocycles. The maximum atomic E-state index is 13.3. The van der Waals surface area contributed by atoms with E-state index in [-0.39, 0.29) is 29.8 Å². The number of ether oxygens (including phenoxy) is 1. The van der Waals surface area contributed by atoms with Gasteiger partial charge < -0.3 is 9.64 Å². The first-order valence-electron chi connectivity index (χ1n) is 8.09. The van der Waals surface area contributed by atoms with Crippen molar-refractivity contribution in [3.8, 4) is 0 Å². The van der Waals surface area contributed by atoms with Gasteiger partial charge in [-0.15, -0.1) is 0 Å². The zero-order valence-electron chi connectivity index (χ0n) is 13.7. The standard InChI is InChI=1S/C16H20F3N3O2/c1-9-8-22(5-6-24-9)15(23)11-3-4-13-12(7-11)14(16(17,18)19)21-10(2)20-13/h9,11H,3-8H2,1-2H3. The molecule has 1 aliphatic heterocycles. The van der Waals surface area contributed by atoms with Crippen molar-refractivity contribution < 1.29 is 22.7 Å². The smallest absolute Gasteiger partial charge is 0.375 e. The molecule has 3 rings (SSSR count). The van der Waals surface area contributed by atoms with Crippen LogP contribution in [0.4, 0.5) is 13.2 Å². The van der Waals surface area contributed by atoms with Crippen LogP contribution >= 0.6 is 0 Å². The minimum atomic E-state index is -4.53. The van der Waals surface area contributed by atoms with E-state index in [1.54, 1.807) is 4.90 Å². The van der Waals surface area contributed by atoms with Gasteiger partial charge in [0.15, 0.2) is 5.69 Å². The van der Waals surface area contributed by atoms with Crippen LogP contribution < -0.4 is 0 Å². The van der Waals surface area contributed by atoms with Gasteiger partial charge in [0.1, 0.15) is 5.82 Å². The molecule has 2 heterocycles. The van der Waals surface area contributed by atoms with E-state index in [2.05, 4.69) is 9.97 Å². The van der Waals surface area contributed by atoms with Crippen molar-refractivity contribution in [2.75, 3.05) is 19.7 Å². The topological polar surface area (TPSA) is 55.3 Å². The average Bonchev–Trinajstić information content (AvgIpc) is 2.52. The largest absolute Gasteiger partial charge is 0.433 e. The molecule has 0 N–H and O–H groups in total. The van der Waals surface area contributed by atoms with Gasteiger partial charge in [-0.1, -0.05) is 0 Å². The Hall–Kier alpha value is -1.70. The number of amides is 1. The van der Waals surface area contributed by atoms with Crippen molar-refractivity contribution in [2.45, 2.75) is 45.4 Å². The van der Waals surface area contributed by atoms with Crippen molar-refractivity contribution in [1.82, 2.24) is 14.9 Å². The van der Waals surface area contributed by atoms with Crippen LogP contribution in [0.15, 0.2) is 0 Å². The average molecular weight is 343 g/mol. The summed E-state index contributed by atoms with van der Waals surface area (Å²) in [7, 11) is 0. The third kappa shape index (κ3) is 3.38. The van der Waals surface area contributed by atoms with Gasteiger partial charge in [-0.2, -0.15) is 13.2 Å². The van der Waals surface area contributed by atoms with E-state index in [1.807, 2.05) is 6.92 Å². The van der Waals surface area contributed by atoms with Crippen molar-refractivity contribution in [1.29, 1.82) is 0 Å². The summed E-state index contributed by atoms with van der Waals surface area (Å²) in [4.78, 5) is 22.1. The molecule has 1 saturated heterocycles. The first kappa shape index (κ1) is 17.1. The Morgan fingerprint density at radius 3 is 2.75 bits per heavy atom. The number of halogens is 3. The highest BCUT2D eigenvalue weighted by Crippen LogP contribution is 2.36. The van der Waals surface area contributed by atoms with Gasteiger partial charge in [0.2, 0.25) is 5.91 Å². The zero-order chi connectivity index (χ0) is 17.5. The number of fused-ring (bicyclic) bond motifs is 1. The molecule has 0 saturated carbocycles. The molecule has 24 heavy (non-hydrogen) atoms. The number of carbonyl (C=O) groups is 1. The van der Waals surface area contributed by atoms with Gasteiger partial charge in [0.05, 0.1) is 12.7 Å². The molecule has 1 aromatic rings. The highest BCUT2D eigenvalue weighted by Gasteiger charge is 2.40. The fourth-order valence-corrected chi connectivity index (χ4v) is 3.46. The quantitative estimate of drug-likeness (QED) is 0.784. The molecular formula is C16H20F3N3O2. The second kappa shape index (κ2) is 6.31. The van der Waals surface area contributed by atoms with E-state index in [0.29, 0.717) is 38.2 Å². The Balaban J connectivity index is 1.84. The number of rotatable bonds is 1. The van der Waals surface area contributed by atoms with E-state index < -0.39 is 17.8 Å². The summed E-state index contributed by atoms with van der Waals surface area (Å²) in [5.74, 6) is -0.424. The highest BCUT2D eigenvalue weighted by molar-refractivity contribution is 5.79. The van der Waals surface area contributed by atoms with Crippen LogP contribution in [0.3, 0.4) is 0 Å². The molecule has 0 aromatic carbocycles. The summed E-state index contributed by atoms with van der Waals surface area (Å²) in [5, 5.41) is 0. The van der Waals surface area contributed by atoms with E-state index in [9.17, 15) is 18.0 Å². The van der Waals surface area contributed by atoms with Crippen LogP contribution in [0.5, 0.6) is 0 Å². The Morgan fingerprint density at radius 2 is 2.08 bits per heavy atom. The Morgan fingerprint density at radius 1 is 1.33 bits per heavy atom. The van der Waals surface area contributed by atoms with Crippen molar-refractivity contribution in [2.24, 2.45) is 5.92 Å². The SMILES string of the molecule is Cc1nc2c(c(C(F)(F)F)n1)CC(C(=O)N1CCOC(C)C1)CC2. The van der Waals surface area contributed by atoms with Crippen LogP contribution in [-0.2, 0) is 28.5 Å². The molecule has 8 heteroatoms. The summed E-state index contributed by atoms with van der Waals surface area (Å²) in [6, 6.07) is 0. The third-order valence-electron chi connectivity index (χ3n) is 4.56. The summed E-state index contributed by atoms with van der Waals surface area (Å²) < 4.78 is 45.3. The molecule has 1 fully saturated rings. The third-order valence-corrected chi connectivity index (χ3v) is 4.56. The summed E-state index contributed by atoms with van der Waals surface area (Å²) in [6.07, 6.45) is -3.63. The lowest BCUT2D eigenvalue weighted by Gasteiger charge is -2.35. The first-order chi connectivity index (χ1) is 11.3. The van der Waals surface area contributed by atoms with Crippen LogP contribution in [0.2, 0.25) is 0 Å². The van der Waals surface area contributed by atoms with Gasteiger partial charge in [-0.25, -0.2) is 9.97 Å². The molecule has 5 nitrogen and oxygen atoms in total. The number of nitrogens with zero attached hydrogens (tertiary/aromatic N) is 3. The van der Waals surface area contributed by atoms with Crippen molar-refractivity contribution in [3.63, 3.8) is 0 Å². The molecule has 132 valence electrons. The lowest BCUT2D eigenvalue weighted by molar-refractivity contribution is -0.145. The number of alkyl halides is 3. The zero-order valence-corrected chi connectivity index (χ0v) is 13.7. The number of hydrogen-bond acceptors (Lipinski definition) is 4. The van der Waals surface area contributed by atoms with Crippen molar-refractivity contribution in [3.05, 3.63) is 22.8 Å². The molecule has 0 radical (unpaired) electrons. The Labute approximate surface area is 138 Å².